The highest BCUT2D eigenvalue weighted by Gasteiger charge is 2.16. The lowest BCUT2D eigenvalue weighted by atomic mass is 10.0. The second-order valence-electron chi connectivity index (χ2n) is 7.53. The Bertz CT molecular complexity index is 1070. The summed E-state index contributed by atoms with van der Waals surface area (Å²) >= 11 is 1.49. The molecular formula is C21H24N4O3S. The summed E-state index contributed by atoms with van der Waals surface area (Å²) in [5.74, 6) is 2.14. The first-order valence-corrected chi connectivity index (χ1v) is 10.9. The highest BCUT2D eigenvalue weighted by atomic mass is 32.2. The average Bonchev–Trinajstić information content (AvgIpc) is 3.35. The molecule has 3 aromatic rings. The van der Waals surface area contributed by atoms with Gasteiger partial charge in [-0.25, -0.2) is 9.78 Å². The Morgan fingerprint density at radius 1 is 1.31 bits per heavy atom. The summed E-state index contributed by atoms with van der Waals surface area (Å²) in [6.45, 7) is 1.44. The smallest absolute Gasteiger partial charge is 0.336 e. The van der Waals surface area contributed by atoms with Crippen molar-refractivity contribution in [2.24, 2.45) is 5.92 Å². The molecule has 2 aromatic heterocycles. The lowest BCUT2D eigenvalue weighted by Crippen LogP contribution is -2.06. The van der Waals surface area contributed by atoms with Crippen molar-refractivity contribution in [1.29, 1.82) is 0 Å². The Morgan fingerprint density at radius 3 is 2.93 bits per heavy atom. The second-order valence-corrected chi connectivity index (χ2v) is 8.47. The summed E-state index contributed by atoms with van der Waals surface area (Å²) in [6.07, 6.45) is 7.48. The number of aryl methyl sites for hydroxylation is 1. The second kappa shape index (κ2) is 8.82. The zero-order valence-electron chi connectivity index (χ0n) is 16.4. The van der Waals surface area contributed by atoms with Gasteiger partial charge in [0.25, 0.3) is 0 Å². The van der Waals surface area contributed by atoms with Crippen LogP contribution in [0.3, 0.4) is 0 Å². The van der Waals surface area contributed by atoms with Gasteiger partial charge in [-0.3, -0.25) is 9.89 Å². The summed E-state index contributed by atoms with van der Waals surface area (Å²) in [7, 11) is 0. The lowest BCUT2D eigenvalue weighted by molar-refractivity contribution is -0.114. The van der Waals surface area contributed by atoms with Gasteiger partial charge in [-0.15, -0.1) is 5.10 Å². The van der Waals surface area contributed by atoms with Crippen LogP contribution in [0.5, 0.6) is 0 Å². The van der Waals surface area contributed by atoms with Gasteiger partial charge in [0.15, 0.2) is 0 Å². The van der Waals surface area contributed by atoms with E-state index in [9.17, 15) is 9.59 Å². The van der Waals surface area contributed by atoms with Crippen LogP contribution in [0.15, 0.2) is 38.6 Å². The summed E-state index contributed by atoms with van der Waals surface area (Å²) in [5, 5.41) is 11.6. The van der Waals surface area contributed by atoms with E-state index in [4.69, 9.17) is 4.42 Å². The number of hydrogen-bond donors (Lipinski definition) is 2. The van der Waals surface area contributed by atoms with E-state index in [2.05, 4.69) is 20.5 Å². The number of benzene rings is 1. The molecule has 0 unspecified atom stereocenters. The Balaban J connectivity index is 1.44. The molecule has 0 spiro atoms. The van der Waals surface area contributed by atoms with Crippen molar-refractivity contribution in [3.05, 3.63) is 46.1 Å². The van der Waals surface area contributed by atoms with E-state index in [1.165, 1.54) is 56.9 Å². The number of fused-ring (bicyclic) bond motifs is 1. The number of carbonyl (C=O) groups excluding carboxylic acids is 1. The topological polar surface area (TPSA) is 101 Å². The Hall–Kier alpha value is -2.61. The van der Waals surface area contributed by atoms with Crippen molar-refractivity contribution < 1.29 is 9.21 Å². The fourth-order valence-corrected chi connectivity index (χ4v) is 4.68. The number of anilines is 1. The first kappa shape index (κ1) is 19.7. The molecule has 0 aliphatic heterocycles. The van der Waals surface area contributed by atoms with Gasteiger partial charge in [0.05, 0.1) is 0 Å². The molecule has 1 fully saturated rings. The monoisotopic (exact) mass is 412 g/mol. The molecule has 0 atom stereocenters. The number of aromatic amines is 1. The fraction of sp³-hybridized carbons (Fsp3) is 0.429. The minimum atomic E-state index is -0.416. The molecule has 1 aliphatic rings. The van der Waals surface area contributed by atoms with Crippen molar-refractivity contribution in [3.63, 3.8) is 0 Å². The van der Waals surface area contributed by atoms with Gasteiger partial charge in [-0.1, -0.05) is 37.4 Å². The molecule has 0 radical (unpaired) electrons. The molecule has 0 bridgehead atoms. The van der Waals surface area contributed by atoms with E-state index in [0.717, 1.165) is 29.1 Å². The number of aromatic nitrogens is 3. The van der Waals surface area contributed by atoms with Gasteiger partial charge in [0.2, 0.25) is 11.1 Å². The molecule has 0 saturated heterocycles. The number of nitrogens with zero attached hydrogens (tertiary/aromatic N) is 2. The van der Waals surface area contributed by atoms with E-state index in [-0.39, 0.29) is 5.91 Å². The van der Waals surface area contributed by atoms with Crippen LogP contribution in [-0.4, -0.2) is 21.1 Å². The van der Waals surface area contributed by atoms with E-state index < -0.39 is 5.63 Å². The summed E-state index contributed by atoms with van der Waals surface area (Å²) in [5.41, 5.74) is 1.48. The van der Waals surface area contributed by atoms with Gasteiger partial charge in [0, 0.05) is 42.3 Å². The van der Waals surface area contributed by atoms with Gasteiger partial charge < -0.3 is 9.73 Å². The molecule has 2 heterocycles. The van der Waals surface area contributed by atoms with Crippen molar-refractivity contribution >= 4 is 34.3 Å². The number of thioether (sulfide) groups is 1. The molecule has 2 N–H and O–H groups in total. The quantitative estimate of drug-likeness (QED) is 0.444. The van der Waals surface area contributed by atoms with Crippen molar-refractivity contribution in [2.45, 2.75) is 56.4 Å². The lowest BCUT2D eigenvalue weighted by Gasteiger charge is -2.07. The van der Waals surface area contributed by atoms with Crippen molar-refractivity contribution in [2.75, 3.05) is 5.32 Å². The van der Waals surface area contributed by atoms with Crippen molar-refractivity contribution in [1.82, 2.24) is 15.2 Å². The third-order valence-corrected chi connectivity index (χ3v) is 6.18. The number of H-pyrrole nitrogens is 1. The molecule has 1 amide bonds. The molecule has 4 rings (SSSR count). The van der Waals surface area contributed by atoms with Crippen LogP contribution in [0.4, 0.5) is 5.69 Å². The largest absolute Gasteiger partial charge is 0.423 e. The first-order valence-electron chi connectivity index (χ1n) is 9.95. The van der Waals surface area contributed by atoms with Crippen LogP contribution in [0.25, 0.3) is 11.0 Å². The van der Waals surface area contributed by atoms with Crippen LogP contribution in [0, 0.1) is 5.92 Å². The molecule has 29 heavy (non-hydrogen) atoms. The molecule has 7 nitrogen and oxygen atoms in total. The van der Waals surface area contributed by atoms with E-state index in [0.29, 0.717) is 22.2 Å². The predicted molar refractivity (Wildman–Crippen MR) is 113 cm³/mol. The highest BCUT2D eigenvalue weighted by molar-refractivity contribution is 7.98. The molecule has 8 heteroatoms. The molecule has 1 aromatic carbocycles. The van der Waals surface area contributed by atoms with E-state index in [1.54, 1.807) is 12.1 Å². The number of carbonyl (C=O) groups is 1. The Morgan fingerprint density at radius 2 is 2.14 bits per heavy atom. The van der Waals surface area contributed by atoms with Gasteiger partial charge in [0.1, 0.15) is 11.4 Å². The van der Waals surface area contributed by atoms with Crippen LogP contribution in [0.1, 0.15) is 50.4 Å². The average molecular weight is 413 g/mol. The standard InChI is InChI=1S/C21H24N4O3S/c1-13(26)22-16-7-8-17-15(10-20(27)28-18(17)11-16)12-29-21-23-19(24-25-21)9-6-14-4-2-3-5-14/h7-8,10-11,14H,2-6,9,12H2,1H3,(H,22,26)(H,23,24,25). The maximum atomic E-state index is 12.0. The van der Waals surface area contributed by atoms with Gasteiger partial charge in [-0.05, 0) is 30.0 Å². The van der Waals surface area contributed by atoms with E-state index >= 15 is 0 Å². The maximum absolute atomic E-state index is 12.0. The first-order chi connectivity index (χ1) is 14.1. The third-order valence-electron chi connectivity index (χ3n) is 5.28. The van der Waals surface area contributed by atoms with Gasteiger partial charge in [-0.2, -0.15) is 0 Å². The van der Waals surface area contributed by atoms with Crippen molar-refractivity contribution in [3.8, 4) is 0 Å². The zero-order chi connectivity index (χ0) is 20.2. The maximum Gasteiger partial charge on any atom is 0.336 e. The molecule has 152 valence electrons. The number of hydrogen-bond acceptors (Lipinski definition) is 6. The van der Waals surface area contributed by atoms with Crippen LogP contribution in [0.2, 0.25) is 0 Å². The molecule has 1 aliphatic carbocycles. The summed E-state index contributed by atoms with van der Waals surface area (Å²) in [6, 6.07) is 6.82. The number of rotatable bonds is 7. The number of nitrogens with one attached hydrogen (secondary N) is 2. The normalized spacial score (nSPS) is 14.5. The van der Waals surface area contributed by atoms with Crippen LogP contribution < -0.4 is 10.9 Å². The Labute approximate surface area is 172 Å². The van der Waals surface area contributed by atoms with E-state index in [1.807, 2.05) is 6.07 Å². The number of amides is 1. The fourth-order valence-electron chi connectivity index (χ4n) is 3.87. The predicted octanol–water partition coefficient (Wildman–Crippen LogP) is 4.28. The summed E-state index contributed by atoms with van der Waals surface area (Å²) in [4.78, 5) is 27.8. The van der Waals surface area contributed by atoms with Crippen LogP contribution >= 0.6 is 11.8 Å². The SMILES string of the molecule is CC(=O)Nc1ccc2c(CSc3n[nH]c(CCC4CCCC4)n3)cc(=O)oc2c1. The van der Waals surface area contributed by atoms with Gasteiger partial charge >= 0.3 is 5.63 Å². The highest BCUT2D eigenvalue weighted by Crippen LogP contribution is 2.29. The third kappa shape index (κ3) is 5.06. The molecule has 1 saturated carbocycles. The zero-order valence-corrected chi connectivity index (χ0v) is 17.2. The molecular weight excluding hydrogens is 388 g/mol. The Kier molecular flexibility index (Phi) is 5.99. The minimum Gasteiger partial charge on any atom is -0.423 e. The van der Waals surface area contributed by atoms with Crippen LogP contribution in [-0.2, 0) is 17.0 Å². The minimum absolute atomic E-state index is 0.174. The summed E-state index contributed by atoms with van der Waals surface area (Å²) < 4.78 is 5.31.